The molecule has 0 fully saturated rings. The summed E-state index contributed by atoms with van der Waals surface area (Å²) in [4.78, 5) is 22.2. The molecule has 0 atom stereocenters. The summed E-state index contributed by atoms with van der Waals surface area (Å²) in [5, 5.41) is 17.6. The van der Waals surface area contributed by atoms with E-state index in [1.54, 1.807) is 24.3 Å². The number of non-ortho nitro benzene ring substituents is 1. The maximum absolute atomic E-state index is 12.9. The van der Waals surface area contributed by atoms with Gasteiger partial charge in [-0.1, -0.05) is 0 Å². The van der Waals surface area contributed by atoms with Gasteiger partial charge >= 0.3 is 0 Å². The molecule has 2 N–H and O–H groups in total. The second-order valence-corrected chi connectivity index (χ2v) is 7.75. The number of nitrogens with zero attached hydrogens (tertiary/aromatic N) is 2. The van der Waals surface area contributed by atoms with Gasteiger partial charge in [0.25, 0.3) is 11.6 Å². The minimum Gasteiger partial charge on any atom is -0.493 e. The average molecular weight is 531 g/mol. The van der Waals surface area contributed by atoms with Crippen molar-refractivity contribution in [1.82, 2.24) is 5.43 Å². The van der Waals surface area contributed by atoms with Crippen molar-refractivity contribution < 1.29 is 23.6 Å². The number of hydrogen-bond donors (Lipinski definition) is 2. The third kappa shape index (κ3) is 7.01. The van der Waals surface area contributed by atoms with E-state index in [-0.39, 0.29) is 30.6 Å². The normalized spacial score (nSPS) is 10.7. The summed E-state index contributed by atoms with van der Waals surface area (Å²) < 4.78 is 24.7. The molecule has 176 valence electrons. The highest BCUT2D eigenvalue weighted by Gasteiger charge is 2.12. The molecule has 0 unspecified atom stereocenters. The monoisotopic (exact) mass is 530 g/mol. The Hall–Kier alpha value is -3.99. The van der Waals surface area contributed by atoms with Crippen molar-refractivity contribution in [3.8, 4) is 11.5 Å². The molecule has 0 aromatic heterocycles. The number of carbonyl (C=O) groups excluding carboxylic acids is 1. The van der Waals surface area contributed by atoms with Crippen molar-refractivity contribution in [2.75, 3.05) is 19.0 Å². The number of nitrogens with one attached hydrogen (secondary N) is 2. The number of ether oxygens (including phenoxy) is 2. The van der Waals surface area contributed by atoms with E-state index in [0.717, 1.165) is 5.56 Å². The van der Waals surface area contributed by atoms with Crippen LogP contribution in [-0.2, 0) is 11.4 Å². The smallest absolute Gasteiger partial charge is 0.269 e. The number of hydrazone groups is 1. The van der Waals surface area contributed by atoms with Gasteiger partial charge in [-0.05, 0) is 75.6 Å². The standard InChI is InChI=1S/C23H20BrFN4O5/c1-33-21-11-16(12-27-28-22(30)13-26-18-6-4-17(25)5-7-18)10-20(24)23(21)34-14-15-2-8-19(9-3-15)29(31)32/h2-12,26H,13-14H2,1H3,(H,28,30)/b27-12-. The summed E-state index contributed by atoms with van der Waals surface area (Å²) in [7, 11) is 1.49. The lowest BCUT2D eigenvalue weighted by molar-refractivity contribution is -0.384. The van der Waals surface area contributed by atoms with Crippen LogP contribution in [0.5, 0.6) is 11.5 Å². The zero-order valence-electron chi connectivity index (χ0n) is 18.0. The van der Waals surface area contributed by atoms with Crippen LogP contribution in [0.3, 0.4) is 0 Å². The Bertz CT molecular complexity index is 1190. The number of halogens is 2. The number of benzene rings is 3. The van der Waals surface area contributed by atoms with E-state index in [0.29, 0.717) is 27.2 Å². The molecule has 3 rings (SSSR count). The first-order valence-electron chi connectivity index (χ1n) is 9.90. The lowest BCUT2D eigenvalue weighted by Crippen LogP contribution is -2.25. The van der Waals surface area contributed by atoms with Gasteiger partial charge < -0.3 is 14.8 Å². The molecular formula is C23H20BrFN4O5. The SMILES string of the molecule is COc1cc(/C=N\NC(=O)CNc2ccc(F)cc2)cc(Br)c1OCc1ccc([N+](=O)[O-])cc1. The molecule has 9 nitrogen and oxygen atoms in total. The number of amides is 1. The van der Waals surface area contributed by atoms with Gasteiger partial charge in [0.15, 0.2) is 11.5 Å². The fraction of sp³-hybridized carbons (Fsp3) is 0.130. The van der Waals surface area contributed by atoms with Crippen LogP contribution in [0.1, 0.15) is 11.1 Å². The Labute approximate surface area is 202 Å². The first kappa shape index (κ1) is 24.6. The number of anilines is 1. The molecule has 0 aliphatic heterocycles. The van der Waals surface area contributed by atoms with Crippen molar-refractivity contribution in [2.45, 2.75) is 6.61 Å². The van der Waals surface area contributed by atoms with E-state index in [9.17, 15) is 19.3 Å². The molecule has 0 aliphatic rings. The highest BCUT2D eigenvalue weighted by Crippen LogP contribution is 2.37. The Kier molecular flexibility index (Phi) is 8.52. The van der Waals surface area contributed by atoms with Gasteiger partial charge in [-0.3, -0.25) is 14.9 Å². The summed E-state index contributed by atoms with van der Waals surface area (Å²) in [6.07, 6.45) is 1.45. The zero-order chi connectivity index (χ0) is 24.5. The van der Waals surface area contributed by atoms with E-state index >= 15 is 0 Å². The average Bonchev–Trinajstić information content (AvgIpc) is 2.83. The van der Waals surface area contributed by atoms with Crippen molar-refractivity contribution in [3.63, 3.8) is 0 Å². The van der Waals surface area contributed by atoms with Crippen LogP contribution in [0.25, 0.3) is 0 Å². The minimum absolute atomic E-state index is 0.00415. The minimum atomic E-state index is -0.463. The number of rotatable bonds is 10. The molecule has 0 spiro atoms. The fourth-order valence-electron chi connectivity index (χ4n) is 2.79. The lowest BCUT2D eigenvalue weighted by Gasteiger charge is -2.13. The molecule has 0 saturated heterocycles. The van der Waals surface area contributed by atoms with Crippen molar-refractivity contribution >= 4 is 39.4 Å². The molecule has 34 heavy (non-hydrogen) atoms. The molecule has 0 aliphatic carbocycles. The predicted molar refractivity (Wildman–Crippen MR) is 129 cm³/mol. The van der Waals surface area contributed by atoms with Crippen LogP contribution in [0.15, 0.2) is 70.2 Å². The zero-order valence-corrected chi connectivity index (χ0v) is 19.5. The second kappa shape index (κ2) is 11.8. The van der Waals surface area contributed by atoms with Crippen LogP contribution in [0.4, 0.5) is 15.8 Å². The fourth-order valence-corrected chi connectivity index (χ4v) is 3.37. The van der Waals surface area contributed by atoms with E-state index in [1.165, 1.54) is 49.7 Å². The molecule has 0 saturated carbocycles. The summed E-state index contributed by atoms with van der Waals surface area (Å²) in [6, 6.07) is 15.1. The first-order valence-corrected chi connectivity index (χ1v) is 10.7. The maximum Gasteiger partial charge on any atom is 0.269 e. The van der Waals surface area contributed by atoms with Gasteiger partial charge in [-0.2, -0.15) is 5.10 Å². The van der Waals surface area contributed by atoms with Crippen LogP contribution in [0, 0.1) is 15.9 Å². The topological polar surface area (TPSA) is 115 Å². The number of carbonyl (C=O) groups is 1. The van der Waals surface area contributed by atoms with Crippen molar-refractivity contribution in [3.05, 3.63) is 92.2 Å². The highest BCUT2D eigenvalue weighted by atomic mass is 79.9. The molecule has 3 aromatic carbocycles. The summed E-state index contributed by atoms with van der Waals surface area (Å²) in [5.74, 6) is 0.145. The third-order valence-corrected chi connectivity index (χ3v) is 5.07. The quantitative estimate of drug-likeness (QED) is 0.224. The molecule has 0 radical (unpaired) electrons. The van der Waals surface area contributed by atoms with Gasteiger partial charge in [-0.15, -0.1) is 0 Å². The van der Waals surface area contributed by atoms with Crippen molar-refractivity contribution in [1.29, 1.82) is 0 Å². The molecule has 0 bridgehead atoms. The summed E-state index contributed by atoms with van der Waals surface area (Å²) in [6.45, 7) is 0.142. The largest absolute Gasteiger partial charge is 0.493 e. The van der Waals surface area contributed by atoms with E-state index < -0.39 is 4.92 Å². The predicted octanol–water partition coefficient (Wildman–Crippen LogP) is 4.65. The summed E-state index contributed by atoms with van der Waals surface area (Å²) >= 11 is 3.44. The lowest BCUT2D eigenvalue weighted by atomic mass is 10.2. The maximum atomic E-state index is 12.9. The van der Waals surface area contributed by atoms with Crippen molar-refractivity contribution in [2.24, 2.45) is 5.10 Å². The van der Waals surface area contributed by atoms with Gasteiger partial charge in [0.2, 0.25) is 0 Å². The Morgan fingerprint density at radius 2 is 1.88 bits per heavy atom. The Morgan fingerprint density at radius 1 is 1.18 bits per heavy atom. The molecule has 3 aromatic rings. The number of hydrogen-bond acceptors (Lipinski definition) is 7. The van der Waals surface area contributed by atoms with Crippen LogP contribution in [0.2, 0.25) is 0 Å². The van der Waals surface area contributed by atoms with E-state index in [4.69, 9.17) is 9.47 Å². The van der Waals surface area contributed by atoms with Gasteiger partial charge in [0, 0.05) is 17.8 Å². The molecule has 1 amide bonds. The number of methoxy groups -OCH3 is 1. The molecular weight excluding hydrogens is 511 g/mol. The second-order valence-electron chi connectivity index (χ2n) is 6.90. The van der Waals surface area contributed by atoms with Gasteiger partial charge in [-0.25, -0.2) is 9.82 Å². The van der Waals surface area contributed by atoms with Gasteiger partial charge in [0.05, 0.1) is 29.3 Å². The first-order chi connectivity index (χ1) is 16.4. The Morgan fingerprint density at radius 3 is 2.53 bits per heavy atom. The molecule has 0 heterocycles. The third-order valence-electron chi connectivity index (χ3n) is 4.48. The van der Waals surface area contributed by atoms with E-state index in [2.05, 4.69) is 31.8 Å². The summed E-state index contributed by atoms with van der Waals surface area (Å²) in [5.41, 5.74) is 4.41. The molecule has 11 heteroatoms. The van der Waals surface area contributed by atoms with Crippen LogP contribution in [-0.4, -0.2) is 30.7 Å². The highest BCUT2D eigenvalue weighted by molar-refractivity contribution is 9.10. The van der Waals surface area contributed by atoms with Crippen LogP contribution < -0.4 is 20.2 Å². The van der Waals surface area contributed by atoms with E-state index in [1.807, 2.05) is 0 Å². The van der Waals surface area contributed by atoms with Crippen LogP contribution >= 0.6 is 15.9 Å². The Balaban J connectivity index is 1.57. The van der Waals surface area contributed by atoms with Gasteiger partial charge in [0.1, 0.15) is 12.4 Å². The number of nitro benzene ring substituents is 1. The number of nitro groups is 1.